The summed E-state index contributed by atoms with van der Waals surface area (Å²) < 4.78 is 25.6. The van der Waals surface area contributed by atoms with E-state index in [9.17, 15) is 9.59 Å². The van der Waals surface area contributed by atoms with Gasteiger partial charge in [-0.3, -0.25) is 9.59 Å². The number of imide groups is 1. The molecule has 2 heterocycles. The SMILES string of the molecule is O=C(c1ccccc1)N1C(=O)C2[C@@H](OCc3ccccc3)[C@H](OCc3ccccc3)[C@@H](COCc3ccccc3)O[C@H]21. The summed E-state index contributed by atoms with van der Waals surface area (Å²) in [5, 5.41) is 0. The highest BCUT2D eigenvalue weighted by Crippen LogP contribution is 2.42. The van der Waals surface area contributed by atoms with E-state index in [4.69, 9.17) is 18.9 Å². The minimum atomic E-state index is -0.784. The Hall–Kier alpha value is -4.14. The quantitative estimate of drug-likeness (QED) is 0.180. The third kappa shape index (κ3) is 6.20. The third-order valence-corrected chi connectivity index (χ3v) is 7.65. The molecule has 7 nitrogen and oxygen atoms in total. The number of fused-ring (bicyclic) bond motifs is 1. The van der Waals surface area contributed by atoms with Crippen molar-refractivity contribution < 1.29 is 28.5 Å². The molecule has 42 heavy (non-hydrogen) atoms. The van der Waals surface area contributed by atoms with Gasteiger partial charge in [0.1, 0.15) is 24.2 Å². The van der Waals surface area contributed by atoms with E-state index in [1.165, 1.54) is 4.90 Å². The molecule has 4 aromatic rings. The summed E-state index contributed by atoms with van der Waals surface area (Å²) in [7, 11) is 0. The van der Waals surface area contributed by atoms with Crippen molar-refractivity contribution in [2.45, 2.75) is 44.4 Å². The normalized spacial score (nSPS) is 23.2. The Morgan fingerprint density at radius 3 is 1.67 bits per heavy atom. The molecule has 5 atom stereocenters. The van der Waals surface area contributed by atoms with Crippen molar-refractivity contribution in [1.82, 2.24) is 4.90 Å². The van der Waals surface area contributed by atoms with Gasteiger partial charge < -0.3 is 18.9 Å². The van der Waals surface area contributed by atoms with Crippen LogP contribution in [0.25, 0.3) is 0 Å². The maximum atomic E-state index is 13.6. The van der Waals surface area contributed by atoms with Crippen LogP contribution in [0.15, 0.2) is 121 Å². The van der Waals surface area contributed by atoms with Crippen LogP contribution in [0.1, 0.15) is 27.0 Å². The van der Waals surface area contributed by atoms with Crippen molar-refractivity contribution in [3.8, 4) is 0 Å². The molecule has 0 radical (unpaired) electrons. The number of rotatable bonds is 11. The molecule has 2 amide bonds. The molecule has 2 aliphatic heterocycles. The molecule has 0 saturated carbocycles. The van der Waals surface area contributed by atoms with Crippen LogP contribution in [-0.4, -0.2) is 47.9 Å². The fourth-order valence-electron chi connectivity index (χ4n) is 5.48. The first kappa shape index (κ1) is 28.0. The molecule has 0 aliphatic carbocycles. The minimum absolute atomic E-state index is 0.199. The van der Waals surface area contributed by atoms with Crippen LogP contribution in [0.5, 0.6) is 0 Å². The average molecular weight is 564 g/mol. The predicted molar refractivity (Wildman–Crippen MR) is 156 cm³/mol. The first-order valence-corrected chi connectivity index (χ1v) is 14.2. The molecule has 214 valence electrons. The van der Waals surface area contributed by atoms with Gasteiger partial charge in [-0.2, -0.15) is 0 Å². The average Bonchev–Trinajstić information content (AvgIpc) is 3.04. The number of carbonyl (C=O) groups excluding carboxylic acids is 2. The van der Waals surface area contributed by atoms with Crippen LogP contribution in [-0.2, 0) is 43.6 Å². The number of amides is 2. The highest BCUT2D eigenvalue weighted by molar-refractivity contribution is 6.09. The van der Waals surface area contributed by atoms with Gasteiger partial charge in [0.05, 0.1) is 26.4 Å². The summed E-state index contributed by atoms with van der Waals surface area (Å²) in [5.41, 5.74) is 3.42. The van der Waals surface area contributed by atoms with Crippen LogP contribution in [0.3, 0.4) is 0 Å². The van der Waals surface area contributed by atoms with E-state index in [0.717, 1.165) is 16.7 Å². The standard InChI is InChI=1S/C35H33NO6/c37-33(28-19-11-4-12-20-28)36-34(38)30-32(41-23-27-17-9-3-10-18-27)31(40-22-26-15-7-2-8-16-26)29(42-35(30)36)24-39-21-25-13-5-1-6-14-25/h1-20,29-32,35H,21-24H2/t29-,30?,31-,32-,35-/m1/s1. The lowest BCUT2D eigenvalue weighted by Crippen LogP contribution is -2.74. The molecule has 6 rings (SSSR count). The van der Waals surface area contributed by atoms with E-state index in [1.807, 2.05) is 97.1 Å². The molecule has 4 aromatic carbocycles. The fraction of sp³-hybridized carbons (Fsp3) is 0.257. The predicted octanol–water partition coefficient (Wildman–Crippen LogP) is 5.40. The third-order valence-electron chi connectivity index (χ3n) is 7.65. The number of carbonyl (C=O) groups is 2. The largest absolute Gasteiger partial charge is 0.374 e. The minimum Gasteiger partial charge on any atom is -0.374 e. The first-order valence-electron chi connectivity index (χ1n) is 14.2. The lowest BCUT2D eigenvalue weighted by atomic mass is 9.81. The number of β-lactam (4-membered cyclic amide) rings is 1. The van der Waals surface area contributed by atoms with Gasteiger partial charge in [0.15, 0.2) is 6.23 Å². The lowest BCUT2D eigenvalue weighted by molar-refractivity contribution is -0.288. The monoisotopic (exact) mass is 563 g/mol. The van der Waals surface area contributed by atoms with Crippen molar-refractivity contribution >= 4 is 11.8 Å². The van der Waals surface area contributed by atoms with Crippen molar-refractivity contribution in [2.75, 3.05) is 6.61 Å². The van der Waals surface area contributed by atoms with E-state index in [-0.39, 0.29) is 19.1 Å². The molecule has 2 saturated heterocycles. The molecule has 0 spiro atoms. The number of hydrogen-bond donors (Lipinski definition) is 0. The Bertz CT molecular complexity index is 1450. The Morgan fingerprint density at radius 2 is 1.12 bits per heavy atom. The van der Waals surface area contributed by atoms with Crippen LogP contribution in [0.2, 0.25) is 0 Å². The summed E-state index contributed by atoms with van der Waals surface area (Å²) in [5.74, 6) is -1.41. The number of hydrogen-bond acceptors (Lipinski definition) is 6. The molecular weight excluding hydrogens is 530 g/mol. The lowest BCUT2D eigenvalue weighted by Gasteiger charge is -2.55. The fourth-order valence-corrected chi connectivity index (χ4v) is 5.48. The van der Waals surface area contributed by atoms with E-state index < -0.39 is 36.4 Å². The molecule has 0 bridgehead atoms. The van der Waals surface area contributed by atoms with Crippen molar-refractivity contribution in [1.29, 1.82) is 0 Å². The highest BCUT2D eigenvalue weighted by atomic mass is 16.6. The summed E-state index contributed by atoms with van der Waals surface area (Å²) in [6, 6.07) is 38.3. The van der Waals surface area contributed by atoms with Crippen LogP contribution in [0, 0.1) is 5.92 Å². The smallest absolute Gasteiger partial charge is 0.262 e. The van der Waals surface area contributed by atoms with Gasteiger partial charge in [0, 0.05) is 5.56 Å². The molecule has 0 aromatic heterocycles. The van der Waals surface area contributed by atoms with Gasteiger partial charge in [0.2, 0.25) is 5.91 Å². The van der Waals surface area contributed by atoms with Crippen molar-refractivity contribution in [3.05, 3.63) is 144 Å². The Balaban J connectivity index is 1.27. The van der Waals surface area contributed by atoms with Gasteiger partial charge in [0.25, 0.3) is 5.91 Å². The topological polar surface area (TPSA) is 74.3 Å². The van der Waals surface area contributed by atoms with Gasteiger partial charge >= 0.3 is 0 Å². The van der Waals surface area contributed by atoms with Gasteiger partial charge in [-0.15, -0.1) is 0 Å². The molecule has 2 fully saturated rings. The second kappa shape index (κ2) is 13.2. The summed E-state index contributed by atoms with van der Waals surface area (Å²) >= 11 is 0. The second-order valence-corrected chi connectivity index (χ2v) is 10.5. The summed E-state index contributed by atoms with van der Waals surface area (Å²) in [4.78, 5) is 28.2. The number of likely N-dealkylation sites (tertiary alicyclic amines) is 1. The highest BCUT2D eigenvalue weighted by Gasteiger charge is 2.62. The van der Waals surface area contributed by atoms with E-state index >= 15 is 0 Å². The van der Waals surface area contributed by atoms with E-state index in [2.05, 4.69) is 0 Å². The maximum absolute atomic E-state index is 13.6. The van der Waals surface area contributed by atoms with E-state index in [0.29, 0.717) is 18.8 Å². The first-order chi connectivity index (χ1) is 20.7. The zero-order valence-corrected chi connectivity index (χ0v) is 23.2. The Kier molecular flexibility index (Phi) is 8.82. The molecule has 7 heteroatoms. The summed E-state index contributed by atoms with van der Waals surface area (Å²) in [6.45, 7) is 1.19. The zero-order valence-electron chi connectivity index (χ0n) is 23.2. The second-order valence-electron chi connectivity index (χ2n) is 10.5. The molecular formula is C35H33NO6. The van der Waals surface area contributed by atoms with Crippen molar-refractivity contribution in [3.63, 3.8) is 0 Å². The van der Waals surface area contributed by atoms with Crippen LogP contribution in [0.4, 0.5) is 0 Å². The van der Waals surface area contributed by atoms with Gasteiger partial charge in [-0.1, -0.05) is 109 Å². The molecule has 1 unspecified atom stereocenters. The Morgan fingerprint density at radius 1 is 0.643 bits per heavy atom. The number of benzene rings is 4. The van der Waals surface area contributed by atoms with Crippen LogP contribution < -0.4 is 0 Å². The van der Waals surface area contributed by atoms with Gasteiger partial charge in [-0.05, 0) is 28.8 Å². The number of nitrogens with zero attached hydrogens (tertiary/aromatic N) is 1. The van der Waals surface area contributed by atoms with Crippen molar-refractivity contribution in [2.24, 2.45) is 5.92 Å². The molecule has 0 N–H and O–H groups in total. The van der Waals surface area contributed by atoms with E-state index in [1.54, 1.807) is 24.3 Å². The zero-order chi connectivity index (χ0) is 28.7. The molecule has 2 aliphatic rings. The summed E-state index contributed by atoms with van der Waals surface area (Å²) in [6.07, 6.45) is -2.62. The maximum Gasteiger partial charge on any atom is 0.262 e. The van der Waals surface area contributed by atoms with Crippen LogP contribution >= 0.6 is 0 Å². The number of ether oxygens (including phenoxy) is 4. The van der Waals surface area contributed by atoms with Gasteiger partial charge in [-0.25, -0.2) is 4.90 Å². The Labute approximate surface area is 245 Å².